The van der Waals surface area contributed by atoms with E-state index in [1.54, 1.807) is 0 Å². The topological polar surface area (TPSA) is 45.8 Å². The molecule has 0 aliphatic heterocycles. The lowest BCUT2D eigenvalue weighted by Crippen LogP contribution is -2.13. The van der Waals surface area contributed by atoms with Crippen LogP contribution in [0.4, 0.5) is 0 Å². The highest BCUT2D eigenvalue weighted by molar-refractivity contribution is 5.83. The van der Waals surface area contributed by atoms with E-state index in [0.717, 1.165) is 35.7 Å². The molecule has 0 radical (unpaired) electrons. The minimum absolute atomic E-state index is 0.101. The van der Waals surface area contributed by atoms with Gasteiger partial charge in [0.25, 0.3) is 5.56 Å². The molecule has 0 spiro atoms. The van der Waals surface area contributed by atoms with E-state index >= 15 is 0 Å². The fourth-order valence-electron chi connectivity index (χ4n) is 2.33. The molecule has 1 N–H and O–H groups in total. The van der Waals surface area contributed by atoms with Crippen LogP contribution in [-0.4, -0.2) is 10.2 Å². The number of aromatic nitrogens is 2. The molecule has 90 valence electrons. The van der Waals surface area contributed by atoms with E-state index in [0.29, 0.717) is 5.92 Å². The van der Waals surface area contributed by atoms with E-state index in [1.165, 1.54) is 0 Å². The van der Waals surface area contributed by atoms with Crippen LogP contribution in [0, 0.1) is 0 Å². The Morgan fingerprint density at radius 3 is 2.59 bits per heavy atom. The van der Waals surface area contributed by atoms with Gasteiger partial charge in [-0.15, -0.1) is 0 Å². The van der Waals surface area contributed by atoms with Gasteiger partial charge in [0.2, 0.25) is 0 Å². The van der Waals surface area contributed by atoms with E-state index in [-0.39, 0.29) is 5.56 Å². The van der Waals surface area contributed by atoms with Crippen LogP contribution in [0.2, 0.25) is 0 Å². The van der Waals surface area contributed by atoms with Gasteiger partial charge in [-0.05, 0) is 18.9 Å². The molecule has 1 atom stereocenters. The lowest BCUT2D eigenvalue weighted by atomic mass is 9.93. The third-order valence-corrected chi connectivity index (χ3v) is 3.24. The van der Waals surface area contributed by atoms with E-state index in [9.17, 15) is 4.79 Å². The normalized spacial score (nSPS) is 12.8. The number of benzene rings is 1. The second-order valence-electron chi connectivity index (χ2n) is 4.38. The van der Waals surface area contributed by atoms with Gasteiger partial charge in [0.05, 0.1) is 11.1 Å². The van der Waals surface area contributed by atoms with E-state index in [2.05, 4.69) is 24.0 Å². The van der Waals surface area contributed by atoms with Gasteiger partial charge in [0, 0.05) is 11.3 Å². The molecule has 2 rings (SSSR count). The van der Waals surface area contributed by atoms with Crippen molar-refractivity contribution < 1.29 is 0 Å². The Bertz CT molecular complexity index is 559. The molecule has 2 aromatic rings. The maximum Gasteiger partial charge on any atom is 0.272 e. The van der Waals surface area contributed by atoms with Gasteiger partial charge in [-0.3, -0.25) is 4.79 Å². The summed E-state index contributed by atoms with van der Waals surface area (Å²) in [5, 5.41) is 8.61. The SMILES string of the molecule is CCCC(CC)c1n[nH]c(=O)c2ccccc12. The lowest BCUT2D eigenvalue weighted by Gasteiger charge is -2.14. The van der Waals surface area contributed by atoms with E-state index in [4.69, 9.17) is 0 Å². The van der Waals surface area contributed by atoms with Gasteiger partial charge in [0.1, 0.15) is 0 Å². The van der Waals surface area contributed by atoms with Crippen molar-refractivity contribution in [3.8, 4) is 0 Å². The third-order valence-electron chi connectivity index (χ3n) is 3.24. The van der Waals surface area contributed by atoms with Crippen molar-refractivity contribution in [2.45, 2.75) is 39.0 Å². The monoisotopic (exact) mass is 230 g/mol. The van der Waals surface area contributed by atoms with Crippen LogP contribution in [0.1, 0.15) is 44.7 Å². The Morgan fingerprint density at radius 2 is 1.94 bits per heavy atom. The summed E-state index contributed by atoms with van der Waals surface area (Å²) in [5.41, 5.74) is 0.931. The highest BCUT2D eigenvalue weighted by atomic mass is 16.1. The minimum Gasteiger partial charge on any atom is -0.267 e. The van der Waals surface area contributed by atoms with Crippen molar-refractivity contribution in [3.63, 3.8) is 0 Å². The zero-order valence-corrected chi connectivity index (χ0v) is 10.4. The van der Waals surface area contributed by atoms with Crippen molar-refractivity contribution in [3.05, 3.63) is 40.3 Å². The average Bonchev–Trinajstić information content (AvgIpc) is 2.37. The molecule has 1 heterocycles. The first kappa shape index (κ1) is 11.8. The number of nitrogens with one attached hydrogen (secondary N) is 1. The second-order valence-corrected chi connectivity index (χ2v) is 4.38. The van der Waals surface area contributed by atoms with Gasteiger partial charge in [0.15, 0.2) is 0 Å². The molecule has 0 saturated heterocycles. The highest BCUT2D eigenvalue weighted by Crippen LogP contribution is 2.27. The maximum atomic E-state index is 11.7. The fourth-order valence-corrected chi connectivity index (χ4v) is 2.33. The van der Waals surface area contributed by atoms with E-state index < -0.39 is 0 Å². The quantitative estimate of drug-likeness (QED) is 0.876. The zero-order valence-electron chi connectivity index (χ0n) is 10.4. The second kappa shape index (κ2) is 5.13. The van der Waals surface area contributed by atoms with Crippen LogP contribution < -0.4 is 5.56 Å². The van der Waals surface area contributed by atoms with Gasteiger partial charge in [-0.2, -0.15) is 5.10 Å². The summed E-state index contributed by atoms with van der Waals surface area (Å²) in [6.07, 6.45) is 3.30. The molecule has 1 aromatic heterocycles. The Balaban J connectivity index is 2.61. The Hall–Kier alpha value is -1.64. The molecule has 0 amide bonds. The summed E-state index contributed by atoms with van der Waals surface area (Å²) in [6.45, 7) is 4.35. The minimum atomic E-state index is -0.101. The Morgan fingerprint density at radius 1 is 1.24 bits per heavy atom. The van der Waals surface area contributed by atoms with Crippen LogP contribution in [0.15, 0.2) is 29.1 Å². The Kier molecular flexibility index (Phi) is 3.57. The molecule has 1 aromatic carbocycles. The summed E-state index contributed by atoms with van der Waals surface area (Å²) in [7, 11) is 0. The molecule has 0 aliphatic carbocycles. The van der Waals surface area contributed by atoms with Crippen LogP contribution >= 0.6 is 0 Å². The lowest BCUT2D eigenvalue weighted by molar-refractivity contribution is 0.578. The van der Waals surface area contributed by atoms with Gasteiger partial charge >= 0.3 is 0 Å². The molecule has 0 saturated carbocycles. The fraction of sp³-hybridized carbons (Fsp3) is 0.429. The number of aromatic amines is 1. The van der Waals surface area contributed by atoms with E-state index in [1.807, 2.05) is 24.3 Å². The summed E-state index contributed by atoms with van der Waals surface area (Å²) in [4.78, 5) is 11.7. The molecular formula is C14H18N2O. The predicted molar refractivity (Wildman–Crippen MR) is 70.3 cm³/mol. The predicted octanol–water partition coefficient (Wildman–Crippen LogP) is 3.22. The molecule has 3 heteroatoms. The first-order chi connectivity index (χ1) is 8.27. The number of nitrogens with zero attached hydrogens (tertiary/aromatic N) is 1. The molecule has 0 bridgehead atoms. The van der Waals surface area contributed by atoms with Gasteiger partial charge < -0.3 is 0 Å². The first-order valence-corrected chi connectivity index (χ1v) is 6.25. The van der Waals surface area contributed by atoms with Crippen molar-refractivity contribution in [1.82, 2.24) is 10.2 Å². The number of hydrogen-bond acceptors (Lipinski definition) is 2. The number of H-pyrrole nitrogens is 1. The van der Waals surface area contributed by atoms with Crippen molar-refractivity contribution >= 4 is 10.8 Å². The molecule has 17 heavy (non-hydrogen) atoms. The zero-order chi connectivity index (χ0) is 12.3. The van der Waals surface area contributed by atoms with Crippen LogP contribution in [0.3, 0.4) is 0 Å². The van der Waals surface area contributed by atoms with Crippen LogP contribution in [0.5, 0.6) is 0 Å². The molecule has 1 unspecified atom stereocenters. The third kappa shape index (κ3) is 2.23. The Labute approximate surface area is 101 Å². The van der Waals surface area contributed by atoms with Crippen LogP contribution in [0.25, 0.3) is 10.8 Å². The summed E-state index contributed by atoms with van der Waals surface area (Å²) >= 11 is 0. The number of rotatable bonds is 4. The number of hydrogen-bond donors (Lipinski definition) is 1. The van der Waals surface area contributed by atoms with Gasteiger partial charge in [-0.1, -0.05) is 38.5 Å². The van der Waals surface area contributed by atoms with Crippen molar-refractivity contribution in [1.29, 1.82) is 0 Å². The standard InChI is InChI=1S/C14H18N2O/c1-3-7-10(4-2)13-11-8-5-6-9-12(11)14(17)16-15-13/h5-6,8-10H,3-4,7H2,1-2H3,(H,16,17). The first-order valence-electron chi connectivity index (χ1n) is 6.25. The van der Waals surface area contributed by atoms with Crippen molar-refractivity contribution in [2.24, 2.45) is 0 Å². The summed E-state index contributed by atoms with van der Waals surface area (Å²) in [5.74, 6) is 0.432. The highest BCUT2D eigenvalue weighted by Gasteiger charge is 2.14. The summed E-state index contributed by atoms with van der Waals surface area (Å²) in [6, 6.07) is 7.71. The molecule has 3 nitrogen and oxygen atoms in total. The van der Waals surface area contributed by atoms with Gasteiger partial charge in [-0.25, -0.2) is 5.10 Å². The molecule has 0 aliphatic rings. The molecule has 0 fully saturated rings. The smallest absolute Gasteiger partial charge is 0.267 e. The van der Waals surface area contributed by atoms with Crippen LogP contribution in [-0.2, 0) is 0 Å². The molecular weight excluding hydrogens is 212 g/mol. The average molecular weight is 230 g/mol. The summed E-state index contributed by atoms with van der Waals surface area (Å²) < 4.78 is 0. The largest absolute Gasteiger partial charge is 0.272 e. The number of fused-ring (bicyclic) bond motifs is 1. The van der Waals surface area contributed by atoms with Crippen molar-refractivity contribution in [2.75, 3.05) is 0 Å². The maximum absolute atomic E-state index is 11.7.